The lowest BCUT2D eigenvalue weighted by atomic mass is 10.1. The van der Waals surface area contributed by atoms with Crippen LogP contribution in [0, 0.1) is 0 Å². The molecule has 2 nitrogen and oxygen atoms in total. The summed E-state index contributed by atoms with van der Waals surface area (Å²) in [6.45, 7) is 1.87. The van der Waals surface area contributed by atoms with Crippen molar-refractivity contribution in [2.45, 2.75) is 30.3 Å². The molecule has 9 heavy (non-hydrogen) atoms. The zero-order valence-electron chi connectivity index (χ0n) is 5.35. The molecule has 0 bridgehead atoms. The Bertz CT molecular complexity index is 75.4. The lowest BCUT2D eigenvalue weighted by molar-refractivity contribution is 0.569. The number of alkyl halides is 2. The zero-order chi connectivity index (χ0) is 7.44. The summed E-state index contributed by atoms with van der Waals surface area (Å²) < 4.78 is 0. The van der Waals surface area contributed by atoms with E-state index in [1.165, 1.54) is 0 Å². The van der Waals surface area contributed by atoms with Crippen molar-refractivity contribution in [1.82, 2.24) is 0 Å². The summed E-state index contributed by atoms with van der Waals surface area (Å²) in [4.78, 5) is -0.504. The van der Waals surface area contributed by atoms with Crippen molar-refractivity contribution >= 4 is 23.2 Å². The van der Waals surface area contributed by atoms with Gasteiger partial charge in [-0.05, 0) is 13.3 Å². The van der Waals surface area contributed by atoms with Crippen molar-refractivity contribution in [2.75, 3.05) is 0 Å². The van der Waals surface area contributed by atoms with Crippen molar-refractivity contribution in [2.24, 2.45) is 11.5 Å². The van der Waals surface area contributed by atoms with Gasteiger partial charge >= 0.3 is 0 Å². The van der Waals surface area contributed by atoms with E-state index < -0.39 is 4.84 Å². The molecular formula is C5H12Cl2N2. The molecule has 2 unspecified atom stereocenters. The van der Waals surface area contributed by atoms with E-state index in [2.05, 4.69) is 0 Å². The van der Waals surface area contributed by atoms with Gasteiger partial charge in [-0.2, -0.15) is 0 Å². The van der Waals surface area contributed by atoms with Gasteiger partial charge in [-0.1, -0.05) is 0 Å². The Morgan fingerprint density at radius 3 is 1.89 bits per heavy atom. The van der Waals surface area contributed by atoms with Gasteiger partial charge in [-0.25, -0.2) is 0 Å². The van der Waals surface area contributed by atoms with Crippen LogP contribution in [0.25, 0.3) is 0 Å². The van der Waals surface area contributed by atoms with Crippen LogP contribution in [0.3, 0.4) is 0 Å². The normalized spacial score (nSPS) is 18.0. The molecule has 4 heteroatoms. The lowest BCUT2D eigenvalue weighted by Crippen LogP contribution is -2.33. The summed E-state index contributed by atoms with van der Waals surface area (Å²) in [7, 11) is 0. The van der Waals surface area contributed by atoms with Crippen LogP contribution in [0.1, 0.15) is 13.3 Å². The molecule has 0 spiro atoms. The SMILES string of the molecule is CC(N)CC(N)C(Cl)Cl. The van der Waals surface area contributed by atoms with E-state index in [-0.39, 0.29) is 12.1 Å². The molecule has 2 atom stereocenters. The first kappa shape index (κ1) is 9.50. The van der Waals surface area contributed by atoms with Crippen LogP contribution in [0.5, 0.6) is 0 Å². The first-order valence-corrected chi connectivity index (χ1v) is 3.70. The number of hydrogen-bond acceptors (Lipinski definition) is 2. The van der Waals surface area contributed by atoms with Gasteiger partial charge < -0.3 is 11.5 Å². The van der Waals surface area contributed by atoms with Gasteiger partial charge in [-0.3, -0.25) is 0 Å². The zero-order valence-corrected chi connectivity index (χ0v) is 6.86. The van der Waals surface area contributed by atoms with E-state index in [0.29, 0.717) is 6.42 Å². The van der Waals surface area contributed by atoms with Gasteiger partial charge in [0.1, 0.15) is 4.84 Å². The molecule has 0 aliphatic carbocycles. The summed E-state index contributed by atoms with van der Waals surface area (Å²) in [6.07, 6.45) is 0.664. The third-order valence-corrected chi connectivity index (χ3v) is 1.61. The topological polar surface area (TPSA) is 52.0 Å². The maximum Gasteiger partial charge on any atom is 0.122 e. The summed E-state index contributed by atoms with van der Waals surface area (Å²) in [6, 6.07) is -0.131. The molecule has 56 valence electrons. The van der Waals surface area contributed by atoms with E-state index in [9.17, 15) is 0 Å². The smallest absolute Gasteiger partial charge is 0.122 e. The van der Waals surface area contributed by atoms with Gasteiger partial charge in [0.25, 0.3) is 0 Å². The van der Waals surface area contributed by atoms with Gasteiger partial charge in [0.2, 0.25) is 0 Å². The van der Waals surface area contributed by atoms with Crippen LogP contribution in [-0.4, -0.2) is 16.9 Å². The number of nitrogens with two attached hydrogens (primary N) is 2. The van der Waals surface area contributed by atoms with Crippen molar-refractivity contribution in [1.29, 1.82) is 0 Å². The fourth-order valence-corrected chi connectivity index (χ4v) is 0.738. The molecule has 0 amide bonds. The van der Waals surface area contributed by atoms with E-state index in [0.717, 1.165) is 0 Å². The molecule has 0 aromatic heterocycles. The van der Waals surface area contributed by atoms with Crippen LogP contribution >= 0.6 is 23.2 Å². The molecule has 0 aliphatic heterocycles. The molecule has 0 aromatic carbocycles. The molecule has 0 fully saturated rings. The van der Waals surface area contributed by atoms with E-state index >= 15 is 0 Å². The third-order valence-electron chi connectivity index (χ3n) is 0.968. The second kappa shape index (κ2) is 4.34. The molecule has 0 aliphatic rings. The van der Waals surface area contributed by atoms with Crippen LogP contribution in [0.15, 0.2) is 0 Å². The Morgan fingerprint density at radius 1 is 1.33 bits per heavy atom. The summed E-state index contributed by atoms with van der Waals surface area (Å²) >= 11 is 10.9. The predicted molar refractivity (Wildman–Crippen MR) is 41.7 cm³/mol. The third kappa shape index (κ3) is 4.97. The molecule has 0 saturated heterocycles. The van der Waals surface area contributed by atoms with Gasteiger partial charge in [-0.15, -0.1) is 23.2 Å². The maximum absolute atomic E-state index is 5.47. The summed E-state index contributed by atoms with van der Waals surface area (Å²) in [5.74, 6) is 0. The standard InChI is InChI=1S/C5H12Cl2N2/c1-3(8)2-4(9)5(6)7/h3-5H,2,8-9H2,1H3. The Hall–Kier alpha value is 0.500. The van der Waals surface area contributed by atoms with E-state index in [1.54, 1.807) is 0 Å². The monoisotopic (exact) mass is 170 g/mol. The fraction of sp³-hybridized carbons (Fsp3) is 1.00. The Morgan fingerprint density at radius 2 is 1.78 bits per heavy atom. The highest BCUT2D eigenvalue weighted by molar-refractivity contribution is 6.44. The molecular weight excluding hydrogens is 159 g/mol. The first-order chi connectivity index (χ1) is 4.04. The molecule has 4 N–H and O–H groups in total. The summed E-state index contributed by atoms with van der Waals surface area (Å²) in [5.41, 5.74) is 10.9. The van der Waals surface area contributed by atoms with Crippen LogP contribution in [-0.2, 0) is 0 Å². The first-order valence-electron chi connectivity index (χ1n) is 2.83. The lowest BCUT2D eigenvalue weighted by Gasteiger charge is -2.13. The highest BCUT2D eigenvalue weighted by Gasteiger charge is 2.12. The van der Waals surface area contributed by atoms with Gasteiger partial charge in [0.05, 0.1) is 0 Å². The minimum atomic E-state index is -0.504. The second-order valence-electron chi connectivity index (χ2n) is 2.21. The highest BCUT2D eigenvalue weighted by Crippen LogP contribution is 2.09. The van der Waals surface area contributed by atoms with Crippen molar-refractivity contribution < 1.29 is 0 Å². The van der Waals surface area contributed by atoms with Gasteiger partial charge in [0.15, 0.2) is 0 Å². The largest absolute Gasteiger partial charge is 0.328 e. The second-order valence-corrected chi connectivity index (χ2v) is 3.38. The Kier molecular flexibility index (Phi) is 4.58. The molecule has 0 heterocycles. The molecule has 0 aromatic rings. The van der Waals surface area contributed by atoms with E-state index in [4.69, 9.17) is 34.7 Å². The van der Waals surface area contributed by atoms with Crippen LogP contribution < -0.4 is 11.5 Å². The summed E-state index contributed by atoms with van der Waals surface area (Å²) in [5, 5.41) is 0. The predicted octanol–water partition coefficient (Wildman–Crippen LogP) is 0.855. The van der Waals surface area contributed by atoms with Crippen LogP contribution in [0.2, 0.25) is 0 Å². The molecule has 0 rings (SSSR count). The van der Waals surface area contributed by atoms with Crippen molar-refractivity contribution in [3.63, 3.8) is 0 Å². The maximum atomic E-state index is 5.47. The number of hydrogen-bond donors (Lipinski definition) is 2. The average Bonchev–Trinajstić information content (AvgIpc) is 1.63. The minimum absolute atomic E-state index is 0.0694. The Balaban J connectivity index is 3.38. The fourth-order valence-electron chi connectivity index (χ4n) is 0.532. The Labute approximate surface area is 65.5 Å². The minimum Gasteiger partial charge on any atom is -0.328 e. The number of halogens is 2. The van der Waals surface area contributed by atoms with Gasteiger partial charge in [0, 0.05) is 12.1 Å². The molecule has 0 saturated carbocycles. The average molecular weight is 171 g/mol. The quantitative estimate of drug-likeness (QED) is 0.618. The molecule has 0 radical (unpaired) electrons. The highest BCUT2D eigenvalue weighted by atomic mass is 35.5. The van der Waals surface area contributed by atoms with E-state index in [1.807, 2.05) is 6.92 Å². The van der Waals surface area contributed by atoms with Crippen molar-refractivity contribution in [3.05, 3.63) is 0 Å². The van der Waals surface area contributed by atoms with Crippen molar-refractivity contribution in [3.8, 4) is 0 Å². The van der Waals surface area contributed by atoms with Crippen LogP contribution in [0.4, 0.5) is 0 Å². The number of rotatable bonds is 3.